The molecule has 2 heterocycles. The van der Waals surface area contributed by atoms with E-state index in [0.717, 1.165) is 30.5 Å². The van der Waals surface area contributed by atoms with E-state index in [1.807, 2.05) is 13.1 Å². The lowest BCUT2D eigenvalue weighted by atomic mass is 10.1. The Morgan fingerprint density at radius 2 is 2.00 bits per heavy atom. The summed E-state index contributed by atoms with van der Waals surface area (Å²) in [5, 5.41) is 4.19. The highest BCUT2D eigenvalue weighted by Crippen LogP contribution is 2.23. The molecule has 0 N–H and O–H groups in total. The molecule has 7 heteroatoms. The van der Waals surface area contributed by atoms with Gasteiger partial charge >= 0.3 is 0 Å². The van der Waals surface area contributed by atoms with Crippen molar-refractivity contribution in [2.24, 2.45) is 0 Å². The van der Waals surface area contributed by atoms with Gasteiger partial charge in [0.05, 0.1) is 18.8 Å². The van der Waals surface area contributed by atoms with Gasteiger partial charge in [0, 0.05) is 18.3 Å². The maximum Gasteiger partial charge on any atom is 0.254 e. The second-order valence-corrected chi connectivity index (χ2v) is 5.79. The number of likely N-dealkylation sites (tertiary alicyclic amines) is 1. The topological polar surface area (TPSA) is 38.1 Å². The molecule has 1 aromatic carbocycles. The van der Waals surface area contributed by atoms with Gasteiger partial charge in [0.1, 0.15) is 0 Å². The van der Waals surface area contributed by atoms with Gasteiger partial charge in [-0.3, -0.25) is 9.48 Å². The predicted octanol–water partition coefficient (Wildman–Crippen LogP) is 2.91. The molecular weight excluding hydrogens is 307 g/mol. The summed E-state index contributed by atoms with van der Waals surface area (Å²) in [5.74, 6) is -4.76. The molecule has 2 aromatic rings. The number of halogens is 3. The average molecular weight is 323 g/mol. The Hall–Kier alpha value is -2.31. The number of hydrogen-bond acceptors (Lipinski definition) is 2. The highest BCUT2D eigenvalue weighted by Gasteiger charge is 2.30. The Bertz CT molecular complexity index is 721. The second-order valence-electron chi connectivity index (χ2n) is 5.79. The van der Waals surface area contributed by atoms with Crippen LogP contribution < -0.4 is 0 Å². The van der Waals surface area contributed by atoms with Crippen LogP contribution in [0.5, 0.6) is 0 Å². The lowest BCUT2D eigenvalue weighted by molar-refractivity contribution is 0.0720. The first-order valence-electron chi connectivity index (χ1n) is 7.40. The fraction of sp³-hybridized carbons (Fsp3) is 0.375. The smallest absolute Gasteiger partial charge is 0.254 e. The lowest BCUT2D eigenvalue weighted by Crippen LogP contribution is -2.38. The van der Waals surface area contributed by atoms with Gasteiger partial charge in [0.2, 0.25) is 0 Å². The van der Waals surface area contributed by atoms with Crippen LogP contribution in [0.3, 0.4) is 0 Å². The van der Waals surface area contributed by atoms with Gasteiger partial charge < -0.3 is 4.90 Å². The fourth-order valence-electron chi connectivity index (χ4n) is 2.92. The van der Waals surface area contributed by atoms with Gasteiger partial charge in [-0.15, -0.1) is 0 Å². The van der Waals surface area contributed by atoms with Gasteiger partial charge in [-0.1, -0.05) is 0 Å². The first-order valence-corrected chi connectivity index (χ1v) is 7.40. The molecule has 0 aliphatic carbocycles. The van der Waals surface area contributed by atoms with Crippen molar-refractivity contribution in [3.05, 3.63) is 53.1 Å². The zero-order valence-electron chi connectivity index (χ0n) is 12.6. The Balaban J connectivity index is 1.80. The van der Waals surface area contributed by atoms with Crippen LogP contribution in [0, 0.1) is 24.4 Å². The van der Waals surface area contributed by atoms with Crippen LogP contribution >= 0.6 is 0 Å². The molecule has 1 amide bonds. The molecule has 0 saturated carbocycles. The number of nitrogens with zero attached hydrogens (tertiary/aromatic N) is 3. The van der Waals surface area contributed by atoms with Gasteiger partial charge in [-0.2, -0.15) is 5.10 Å². The maximum atomic E-state index is 13.3. The van der Waals surface area contributed by atoms with E-state index in [9.17, 15) is 18.0 Å². The van der Waals surface area contributed by atoms with Crippen molar-refractivity contribution in [1.82, 2.24) is 14.7 Å². The number of amides is 1. The SMILES string of the molecule is Cc1cnn(C[C@@H]2CCCN2C(=O)c2cc(F)c(F)c(F)c2)c1. The van der Waals surface area contributed by atoms with Crippen LogP contribution in [0.25, 0.3) is 0 Å². The van der Waals surface area contributed by atoms with Gasteiger partial charge in [-0.25, -0.2) is 13.2 Å². The Morgan fingerprint density at radius 1 is 1.30 bits per heavy atom. The third kappa shape index (κ3) is 3.09. The van der Waals surface area contributed by atoms with Crippen molar-refractivity contribution < 1.29 is 18.0 Å². The minimum atomic E-state index is -1.56. The van der Waals surface area contributed by atoms with Crippen molar-refractivity contribution in [3.8, 4) is 0 Å². The number of rotatable bonds is 3. The minimum Gasteiger partial charge on any atom is -0.334 e. The quantitative estimate of drug-likeness (QED) is 0.815. The number of carbonyl (C=O) groups is 1. The predicted molar refractivity (Wildman–Crippen MR) is 77.3 cm³/mol. The third-order valence-electron chi connectivity index (χ3n) is 4.03. The molecule has 23 heavy (non-hydrogen) atoms. The van der Waals surface area contributed by atoms with Crippen molar-refractivity contribution in [1.29, 1.82) is 0 Å². The highest BCUT2D eigenvalue weighted by atomic mass is 19.2. The van der Waals surface area contributed by atoms with Crippen molar-refractivity contribution in [3.63, 3.8) is 0 Å². The molecule has 1 aliphatic heterocycles. The normalized spacial score (nSPS) is 17.7. The molecule has 1 saturated heterocycles. The summed E-state index contributed by atoms with van der Waals surface area (Å²) in [6.07, 6.45) is 5.20. The third-order valence-corrected chi connectivity index (χ3v) is 4.03. The van der Waals surface area contributed by atoms with Crippen LogP contribution in [0.1, 0.15) is 28.8 Å². The van der Waals surface area contributed by atoms with Crippen molar-refractivity contribution >= 4 is 5.91 Å². The minimum absolute atomic E-state index is 0.0991. The molecule has 1 fully saturated rings. The Labute approximate surface area is 131 Å². The average Bonchev–Trinajstić information content (AvgIpc) is 3.13. The van der Waals surface area contributed by atoms with E-state index in [4.69, 9.17) is 0 Å². The summed E-state index contributed by atoms with van der Waals surface area (Å²) in [6, 6.07) is 1.39. The summed E-state index contributed by atoms with van der Waals surface area (Å²) in [4.78, 5) is 14.1. The largest absolute Gasteiger partial charge is 0.334 e. The van der Waals surface area contributed by atoms with Crippen LogP contribution in [0.4, 0.5) is 13.2 Å². The van der Waals surface area contributed by atoms with Gasteiger partial charge in [-0.05, 0) is 37.5 Å². The number of aryl methyl sites for hydroxylation is 1. The molecule has 1 atom stereocenters. The summed E-state index contributed by atoms with van der Waals surface area (Å²) in [5.41, 5.74) is 0.841. The molecule has 1 aliphatic rings. The number of hydrogen-bond donors (Lipinski definition) is 0. The fourth-order valence-corrected chi connectivity index (χ4v) is 2.92. The molecular formula is C16H16F3N3O. The van der Waals surface area contributed by atoms with Gasteiger partial charge in [0.25, 0.3) is 5.91 Å². The lowest BCUT2D eigenvalue weighted by Gasteiger charge is -2.25. The van der Waals surface area contributed by atoms with E-state index in [0.29, 0.717) is 13.1 Å². The van der Waals surface area contributed by atoms with Gasteiger partial charge in [0.15, 0.2) is 17.5 Å². The number of aromatic nitrogens is 2. The molecule has 4 nitrogen and oxygen atoms in total. The monoisotopic (exact) mass is 323 g/mol. The zero-order valence-corrected chi connectivity index (χ0v) is 12.6. The molecule has 122 valence electrons. The molecule has 3 rings (SSSR count). The van der Waals surface area contributed by atoms with E-state index in [1.165, 1.54) is 0 Å². The Kier molecular flexibility index (Phi) is 4.11. The summed E-state index contributed by atoms with van der Waals surface area (Å²) < 4.78 is 41.4. The highest BCUT2D eigenvalue weighted by molar-refractivity contribution is 5.94. The number of carbonyl (C=O) groups excluding carboxylic acids is 1. The molecule has 1 aromatic heterocycles. The summed E-state index contributed by atoms with van der Waals surface area (Å²) in [6.45, 7) is 2.95. The molecule has 0 bridgehead atoms. The standard InChI is InChI=1S/C16H16F3N3O/c1-10-7-20-21(8-10)9-12-3-2-4-22(12)16(23)11-5-13(17)15(19)14(18)6-11/h5-8,12H,2-4,9H2,1H3/t12-/m0/s1. The van der Waals surface area contributed by atoms with E-state index >= 15 is 0 Å². The maximum absolute atomic E-state index is 13.3. The second kappa shape index (κ2) is 6.06. The van der Waals surface area contributed by atoms with E-state index < -0.39 is 23.4 Å². The summed E-state index contributed by atoms with van der Waals surface area (Å²) >= 11 is 0. The van der Waals surface area contributed by atoms with Crippen molar-refractivity contribution in [2.45, 2.75) is 32.4 Å². The van der Waals surface area contributed by atoms with E-state index in [1.54, 1.807) is 15.8 Å². The first-order chi connectivity index (χ1) is 11.0. The Morgan fingerprint density at radius 3 is 2.61 bits per heavy atom. The molecule has 0 unspecified atom stereocenters. The van der Waals surface area contributed by atoms with Crippen LogP contribution in [0.15, 0.2) is 24.5 Å². The van der Waals surface area contributed by atoms with Crippen LogP contribution in [-0.2, 0) is 6.54 Å². The van der Waals surface area contributed by atoms with E-state index in [2.05, 4.69) is 5.10 Å². The van der Waals surface area contributed by atoms with Crippen LogP contribution in [-0.4, -0.2) is 33.2 Å². The number of benzene rings is 1. The summed E-state index contributed by atoms with van der Waals surface area (Å²) in [7, 11) is 0. The van der Waals surface area contributed by atoms with E-state index in [-0.39, 0.29) is 11.6 Å². The first kappa shape index (κ1) is 15.6. The zero-order chi connectivity index (χ0) is 16.6. The van der Waals surface area contributed by atoms with Crippen LogP contribution in [0.2, 0.25) is 0 Å². The molecule has 0 radical (unpaired) electrons. The molecule has 0 spiro atoms. The van der Waals surface area contributed by atoms with Crippen molar-refractivity contribution in [2.75, 3.05) is 6.54 Å².